The molecule has 0 saturated heterocycles. The Balaban J connectivity index is 1.63. The van der Waals surface area contributed by atoms with Gasteiger partial charge in [0.1, 0.15) is 17.2 Å². The monoisotopic (exact) mass is 451 g/mol. The first-order valence-corrected chi connectivity index (χ1v) is 10.8. The van der Waals surface area contributed by atoms with E-state index in [1.807, 2.05) is 24.3 Å². The van der Waals surface area contributed by atoms with Crippen molar-refractivity contribution in [3.63, 3.8) is 0 Å². The molecule has 174 valence electrons. The lowest BCUT2D eigenvalue weighted by Crippen LogP contribution is -2.39. The molecule has 3 rings (SSSR count). The van der Waals surface area contributed by atoms with Gasteiger partial charge < -0.3 is 19.5 Å². The van der Waals surface area contributed by atoms with Crippen LogP contribution >= 0.6 is 0 Å². The number of benzene rings is 2. The van der Waals surface area contributed by atoms with E-state index in [-0.39, 0.29) is 24.6 Å². The molecule has 33 heavy (non-hydrogen) atoms. The van der Waals surface area contributed by atoms with Crippen LogP contribution in [-0.2, 0) is 17.8 Å². The lowest BCUT2D eigenvalue weighted by Gasteiger charge is -2.15. The van der Waals surface area contributed by atoms with Crippen molar-refractivity contribution in [2.75, 3.05) is 20.8 Å². The van der Waals surface area contributed by atoms with Crippen LogP contribution < -0.4 is 25.1 Å². The topological polar surface area (TPSA) is 91.7 Å². The lowest BCUT2D eigenvalue weighted by molar-refractivity contribution is -0.127. The zero-order chi connectivity index (χ0) is 23.8. The highest BCUT2D eigenvalue weighted by Gasteiger charge is 2.15. The Morgan fingerprint density at radius 1 is 1.03 bits per heavy atom. The van der Waals surface area contributed by atoms with Crippen LogP contribution in [0.3, 0.4) is 0 Å². The smallest absolute Gasteiger partial charge is 0.266 e. The van der Waals surface area contributed by atoms with Gasteiger partial charge in [-0.3, -0.25) is 9.59 Å². The Bertz CT molecular complexity index is 1140. The first kappa shape index (κ1) is 23.8. The molecular weight excluding hydrogens is 422 g/mol. The number of carbonyl (C=O) groups excluding carboxylic acids is 1. The molecule has 2 aromatic carbocycles. The number of nitrogens with zero attached hydrogens (tertiary/aromatic N) is 2. The Morgan fingerprint density at radius 3 is 2.42 bits per heavy atom. The van der Waals surface area contributed by atoms with E-state index in [4.69, 9.17) is 14.2 Å². The third-order valence-electron chi connectivity index (χ3n) is 5.19. The van der Waals surface area contributed by atoms with Crippen LogP contribution in [0.1, 0.15) is 19.4 Å². The molecule has 1 amide bonds. The van der Waals surface area contributed by atoms with E-state index in [1.54, 1.807) is 45.4 Å². The Morgan fingerprint density at radius 2 is 1.76 bits per heavy atom. The zero-order valence-electron chi connectivity index (χ0n) is 19.3. The molecule has 0 aliphatic carbocycles. The standard InChI is InChI=1S/C25H29N3O5/c1-5-18-6-8-19(9-7-18)33-17(2)25(30)26-14-15-28-24(29)13-11-22(27-28)21-16-20(31-3)10-12-23(21)32-4/h6-13,16-17H,5,14-15H2,1-4H3,(H,26,30). The number of rotatable bonds is 10. The molecule has 1 atom stereocenters. The van der Waals surface area contributed by atoms with Crippen molar-refractivity contribution in [2.24, 2.45) is 0 Å². The van der Waals surface area contributed by atoms with Crippen molar-refractivity contribution in [2.45, 2.75) is 32.9 Å². The quantitative estimate of drug-likeness (QED) is 0.509. The van der Waals surface area contributed by atoms with Crippen molar-refractivity contribution in [3.05, 3.63) is 70.5 Å². The SMILES string of the molecule is CCc1ccc(OC(C)C(=O)NCCn2nc(-c3cc(OC)ccc3OC)ccc2=O)cc1. The van der Waals surface area contributed by atoms with Gasteiger partial charge in [0.25, 0.3) is 11.5 Å². The molecule has 3 aromatic rings. The summed E-state index contributed by atoms with van der Waals surface area (Å²) in [6.07, 6.45) is 0.268. The molecule has 1 aromatic heterocycles. The van der Waals surface area contributed by atoms with Gasteiger partial charge in [-0.2, -0.15) is 5.10 Å². The van der Waals surface area contributed by atoms with E-state index in [2.05, 4.69) is 17.3 Å². The molecule has 8 heteroatoms. The molecule has 0 saturated carbocycles. The van der Waals surface area contributed by atoms with Crippen molar-refractivity contribution in [1.29, 1.82) is 0 Å². The van der Waals surface area contributed by atoms with Gasteiger partial charge in [0.2, 0.25) is 0 Å². The summed E-state index contributed by atoms with van der Waals surface area (Å²) < 4.78 is 17.7. The van der Waals surface area contributed by atoms with E-state index in [1.165, 1.54) is 16.3 Å². The fraction of sp³-hybridized carbons (Fsp3) is 0.320. The number of amides is 1. The van der Waals surface area contributed by atoms with Crippen LogP contribution in [0, 0.1) is 0 Å². The van der Waals surface area contributed by atoms with Crippen molar-refractivity contribution >= 4 is 5.91 Å². The van der Waals surface area contributed by atoms with Crippen LogP contribution in [0.4, 0.5) is 0 Å². The number of carbonyl (C=O) groups is 1. The van der Waals surface area contributed by atoms with Gasteiger partial charge in [0.05, 0.1) is 26.5 Å². The highest BCUT2D eigenvalue weighted by atomic mass is 16.5. The molecule has 0 radical (unpaired) electrons. The van der Waals surface area contributed by atoms with Gasteiger partial charge in [-0.1, -0.05) is 19.1 Å². The molecule has 8 nitrogen and oxygen atoms in total. The average molecular weight is 452 g/mol. The summed E-state index contributed by atoms with van der Waals surface area (Å²) in [6.45, 7) is 4.20. The maximum Gasteiger partial charge on any atom is 0.266 e. The second kappa shape index (κ2) is 11.2. The van der Waals surface area contributed by atoms with Gasteiger partial charge in [0, 0.05) is 18.2 Å². The van der Waals surface area contributed by atoms with Gasteiger partial charge >= 0.3 is 0 Å². The van der Waals surface area contributed by atoms with Crippen LogP contribution in [0.25, 0.3) is 11.3 Å². The highest BCUT2D eigenvalue weighted by Crippen LogP contribution is 2.31. The summed E-state index contributed by atoms with van der Waals surface area (Å²) in [5.41, 5.74) is 2.19. The van der Waals surface area contributed by atoms with Crippen LogP contribution in [0.5, 0.6) is 17.2 Å². The minimum absolute atomic E-state index is 0.211. The minimum Gasteiger partial charge on any atom is -0.497 e. The highest BCUT2D eigenvalue weighted by molar-refractivity contribution is 5.80. The summed E-state index contributed by atoms with van der Waals surface area (Å²) in [6, 6.07) is 16.1. The van der Waals surface area contributed by atoms with E-state index in [9.17, 15) is 9.59 Å². The Kier molecular flexibility index (Phi) is 8.07. The average Bonchev–Trinajstić information content (AvgIpc) is 2.85. The molecule has 1 N–H and O–H groups in total. The maximum absolute atomic E-state index is 12.4. The molecule has 1 unspecified atom stereocenters. The fourth-order valence-electron chi connectivity index (χ4n) is 3.26. The van der Waals surface area contributed by atoms with E-state index in [0.717, 1.165) is 6.42 Å². The predicted octanol–water partition coefficient (Wildman–Crippen LogP) is 3.07. The molecule has 1 heterocycles. The second-order valence-corrected chi connectivity index (χ2v) is 7.39. The molecular formula is C25H29N3O5. The number of ether oxygens (including phenoxy) is 3. The summed E-state index contributed by atoms with van der Waals surface area (Å²) in [4.78, 5) is 24.7. The van der Waals surface area contributed by atoms with Gasteiger partial charge in [0.15, 0.2) is 6.10 Å². The summed E-state index contributed by atoms with van der Waals surface area (Å²) in [5.74, 6) is 1.62. The largest absolute Gasteiger partial charge is 0.497 e. The van der Waals surface area contributed by atoms with Gasteiger partial charge in [-0.25, -0.2) is 4.68 Å². The lowest BCUT2D eigenvalue weighted by atomic mass is 10.1. The first-order valence-electron chi connectivity index (χ1n) is 10.8. The third-order valence-corrected chi connectivity index (χ3v) is 5.19. The normalized spacial score (nSPS) is 11.5. The number of nitrogens with one attached hydrogen (secondary N) is 1. The number of methoxy groups -OCH3 is 2. The van der Waals surface area contributed by atoms with Crippen LogP contribution in [0.15, 0.2) is 59.4 Å². The number of hydrogen-bond donors (Lipinski definition) is 1. The van der Waals surface area contributed by atoms with Crippen LogP contribution in [0.2, 0.25) is 0 Å². The molecule has 0 aliphatic rings. The first-order chi connectivity index (χ1) is 15.9. The van der Waals surface area contributed by atoms with Crippen molar-refractivity contribution in [3.8, 4) is 28.5 Å². The van der Waals surface area contributed by atoms with Crippen molar-refractivity contribution in [1.82, 2.24) is 15.1 Å². The Labute approximate surface area is 193 Å². The second-order valence-electron chi connectivity index (χ2n) is 7.39. The molecule has 0 bridgehead atoms. The number of aromatic nitrogens is 2. The van der Waals surface area contributed by atoms with Gasteiger partial charge in [-0.15, -0.1) is 0 Å². The molecule has 0 aliphatic heterocycles. The predicted molar refractivity (Wildman–Crippen MR) is 126 cm³/mol. The van der Waals surface area contributed by atoms with E-state index >= 15 is 0 Å². The van der Waals surface area contributed by atoms with Crippen LogP contribution in [-0.4, -0.2) is 42.6 Å². The fourth-order valence-corrected chi connectivity index (χ4v) is 3.26. The minimum atomic E-state index is -0.672. The van der Waals surface area contributed by atoms with E-state index in [0.29, 0.717) is 28.5 Å². The maximum atomic E-state index is 12.4. The van der Waals surface area contributed by atoms with E-state index < -0.39 is 6.10 Å². The number of hydrogen-bond acceptors (Lipinski definition) is 6. The summed E-state index contributed by atoms with van der Waals surface area (Å²) >= 11 is 0. The summed E-state index contributed by atoms with van der Waals surface area (Å²) in [7, 11) is 3.14. The van der Waals surface area contributed by atoms with Gasteiger partial charge in [-0.05, 0) is 55.3 Å². The summed E-state index contributed by atoms with van der Waals surface area (Å²) in [5, 5.41) is 7.23. The molecule has 0 spiro atoms. The number of aryl methyl sites for hydroxylation is 1. The Hall–Kier alpha value is -3.81. The molecule has 0 fully saturated rings. The third kappa shape index (κ3) is 6.12. The zero-order valence-corrected chi connectivity index (χ0v) is 19.3. The van der Waals surface area contributed by atoms with Crippen molar-refractivity contribution < 1.29 is 19.0 Å².